The molecule has 0 radical (unpaired) electrons. The smallest absolute Gasteiger partial charge is 0.127 e. The summed E-state index contributed by atoms with van der Waals surface area (Å²) in [5.74, 6) is 0. The van der Waals surface area contributed by atoms with Gasteiger partial charge in [-0.1, -0.05) is 77.4 Å². The van der Waals surface area contributed by atoms with E-state index >= 15 is 0 Å². The lowest BCUT2D eigenvalue weighted by Crippen LogP contribution is -2.28. The number of allylic oxidation sites excluding steroid dienone is 3. The Bertz CT molecular complexity index is 1250. The van der Waals surface area contributed by atoms with Gasteiger partial charge in [0.1, 0.15) is 23.8 Å². The summed E-state index contributed by atoms with van der Waals surface area (Å²) in [5, 5.41) is 3.23. The number of thioether (sulfide) groups is 1. The number of fused-ring (bicyclic) bond motifs is 2. The molecule has 0 amide bonds. The highest BCUT2D eigenvalue weighted by Crippen LogP contribution is 2.50. The number of benzene rings is 1. The van der Waals surface area contributed by atoms with E-state index in [1.165, 1.54) is 24.4 Å². The van der Waals surface area contributed by atoms with E-state index in [0.717, 1.165) is 6.42 Å². The minimum atomic E-state index is -0.261. The van der Waals surface area contributed by atoms with Gasteiger partial charge in [-0.05, 0) is 69.2 Å². The number of thiophene rings is 1. The predicted octanol–water partition coefficient (Wildman–Crippen LogP) is 7.45. The van der Waals surface area contributed by atoms with Crippen molar-refractivity contribution in [2.24, 2.45) is 0 Å². The van der Waals surface area contributed by atoms with Gasteiger partial charge in [0.25, 0.3) is 0 Å². The van der Waals surface area contributed by atoms with Gasteiger partial charge in [-0.2, -0.15) is 0 Å². The van der Waals surface area contributed by atoms with E-state index in [1.807, 2.05) is 23.1 Å². The summed E-state index contributed by atoms with van der Waals surface area (Å²) in [5.41, 5.74) is 9.81. The van der Waals surface area contributed by atoms with Crippen molar-refractivity contribution in [3.05, 3.63) is 61.5 Å². The van der Waals surface area contributed by atoms with Crippen LogP contribution in [0.4, 0.5) is 0 Å². The first-order chi connectivity index (χ1) is 15.7. The zero-order chi connectivity index (χ0) is 23.9. The van der Waals surface area contributed by atoms with E-state index in [4.69, 9.17) is 0 Å². The normalized spacial score (nSPS) is 15.1. The summed E-state index contributed by atoms with van der Waals surface area (Å²) in [6, 6.07) is 9.05. The predicted molar refractivity (Wildman–Crippen MR) is 158 cm³/mol. The second-order valence-electron chi connectivity index (χ2n) is 10.0. The Morgan fingerprint density at radius 3 is 2.24 bits per heavy atom. The third-order valence-electron chi connectivity index (χ3n) is 6.25. The molecule has 174 valence electrons. The van der Waals surface area contributed by atoms with E-state index in [9.17, 15) is 0 Å². The van der Waals surface area contributed by atoms with Crippen LogP contribution >= 0.6 is 38.6 Å². The molecule has 1 aliphatic carbocycles. The van der Waals surface area contributed by atoms with E-state index < -0.39 is 0 Å². The van der Waals surface area contributed by atoms with Crippen LogP contribution in [0.25, 0.3) is 11.8 Å². The van der Waals surface area contributed by atoms with Crippen LogP contribution in [-0.2, 0) is 6.42 Å². The fourth-order valence-corrected chi connectivity index (χ4v) is 14.4. The molecule has 0 unspecified atom stereocenters. The molecule has 4 heteroatoms. The van der Waals surface area contributed by atoms with Gasteiger partial charge < -0.3 is 0 Å². The van der Waals surface area contributed by atoms with Gasteiger partial charge in [-0.15, -0.1) is 11.3 Å². The van der Waals surface area contributed by atoms with Crippen molar-refractivity contribution in [1.82, 2.24) is 0 Å². The van der Waals surface area contributed by atoms with Crippen molar-refractivity contribution in [3.63, 3.8) is 0 Å². The molecule has 1 aliphatic heterocycles. The number of hydrogen-bond acceptors (Lipinski definition) is 2. The quantitative estimate of drug-likeness (QED) is 0.376. The Labute approximate surface area is 211 Å². The van der Waals surface area contributed by atoms with Crippen LogP contribution in [0.5, 0.6) is 0 Å². The van der Waals surface area contributed by atoms with Crippen molar-refractivity contribution in [1.29, 1.82) is 0 Å². The first-order valence-electron chi connectivity index (χ1n) is 12.2. The van der Waals surface area contributed by atoms with Crippen LogP contribution in [0.2, 0.25) is 0 Å². The van der Waals surface area contributed by atoms with Crippen molar-refractivity contribution in [2.75, 3.05) is 0 Å². The highest BCUT2D eigenvalue weighted by atomic mass is 32.2. The SMILES string of the molecule is CC(C)P(c1c2c(sc1=C=C1Sc3ccccc3C1=[P+](C(C)C)C(C)C)=CC=CC2)C(C)C. The van der Waals surface area contributed by atoms with Gasteiger partial charge in [-0.25, -0.2) is 0 Å². The van der Waals surface area contributed by atoms with Crippen LogP contribution in [0.3, 0.4) is 0 Å². The summed E-state index contributed by atoms with van der Waals surface area (Å²) in [6.45, 7) is 19.3. The van der Waals surface area contributed by atoms with Gasteiger partial charge in [0.15, 0.2) is 5.29 Å². The Morgan fingerprint density at radius 2 is 1.61 bits per heavy atom. The van der Waals surface area contributed by atoms with Crippen LogP contribution in [0.1, 0.15) is 66.5 Å². The van der Waals surface area contributed by atoms with Gasteiger partial charge in [0.2, 0.25) is 0 Å². The first kappa shape index (κ1) is 25.2. The van der Waals surface area contributed by atoms with Crippen molar-refractivity contribution < 1.29 is 0 Å². The first-order valence-corrected chi connectivity index (χ1v) is 16.8. The van der Waals surface area contributed by atoms with Gasteiger partial charge in [0, 0.05) is 20.3 Å². The molecule has 0 saturated carbocycles. The zero-order valence-electron chi connectivity index (χ0n) is 21.3. The molecular weight excluding hydrogens is 474 g/mol. The summed E-state index contributed by atoms with van der Waals surface area (Å²) in [6.07, 6.45) is 7.97. The minimum Gasteiger partial charge on any atom is -0.127 e. The molecule has 0 saturated heterocycles. The van der Waals surface area contributed by atoms with Crippen LogP contribution in [0.15, 0.2) is 46.2 Å². The standard InChI is InChI=1S/C29H37P2S2/c1-18(2)30(19(3)4)28-22-13-9-11-15-24(22)32-26(28)17-27-29(31(20(5)6)21(7)8)23-14-10-12-16-25(23)33-27/h9-13,15-16,18-21H,14H2,1-8H3/q+1. The van der Waals surface area contributed by atoms with Gasteiger partial charge in [-0.3, -0.25) is 0 Å². The molecule has 2 aromatic rings. The largest absolute Gasteiger partial charge is 0.174 e. The third kappa shape index (κ3) is 4.94. The number of rotatable bonds is 5. The van der Waals surface area contributed by atoms with Crippen LogP contribution in [0, 0.1) is 0 Å². The second-order valence-corrected chi connectivity index (χ2v) is 18.8. The second kappa shape index (κ2) is 10.4. The van der Waals surface area contributed by atoms with E-state index in [2.05, 4.69) is 104 Å². The molecule has 1 aromatic carbocycles. The maximum absolute atomic E-state index is 4.09. The van der Waals surface area contributed by atoms with Crippen molar-refractivity contribution in [2.45, 2.75) is 89.3 Å². The minimum absolute atomic E-state index is 0.238. The lowest BCUT2D eigenvalue weighted by atomic mass is 10.1. The van der Waals surface area contributed by atoms with Crippen molar-refractivity contribution in [3.8, 4) is 0 Å². The summed E-state index contributed by atoms with van der Waals surface area (Å²) < 4.78 is 2.87. The molecule has 2 aliphatic rings. The molecule has 0 bridgehead atoms. The maximum Gasteiger partial charge on any atom is 0.174 e. The average molecular weight is 512 g/mol. The van der Waals surface area contributed by atoms with Crippen molar-refractivity contribution >= 4 is 61.0 Å². The Morgan fingerprint density at radius 1 is 0.939 bits per heavy atom. The van der Waals surface area contributed by atoms with E-state index in [-0.39, 0.29) is 15.5 Å². The maximum atomic E-state index is 4.09. The fraction of sp³-hybridized carbons (Fsp3) is 0.448. The Hall–Kier alpha value is -0.870. The third-order valence-corrected chi connectivity index (χ3v) is 15.2. The van der Waals surface area contributed by atoms with Crippen LogP contribution < -0.4 is 14.4 Å². The lowest BCUT2D eigenvalue weighted by Gasteiger charge is -2.26. The van der Waals surface area contributed by atoms with Gasteiger partial charge in [0.05, 0.1) is 4.53 Å². The molecule has 0 atom stereocenters. The molecule has 0 fully saturated rings. The monoisotopic (exact) mass is 511 g/mol. The van der Waals surface area contributed by atoms with Gasteiger partial charge >= 0.3 is 0 Å². The topological polar surface area (TPSA) is 0 Å². The highest BCUT2D eigenvalue weighted by Gasteiger charge is 2.36. The summed E-state index contributed by atoms with van der Waals surface area (Å²) >= 11 is 3.94. The molecule has 0 spiro atoms. The van der Waals surface area contributed by atoms with E-state index in [1.54, 1.807) is 16.2 Å². The molecule has 33 heavy (non-hydrogen) atoms. The summed E-state index contributed by atoms with van der Waals surface area (Å²) in [7, 11) is -0.499. The lowest BCUT2D eigenvalue weighted by molar-refractivity contribution is 1.02. The Kier molecular flexibility index (Phi) is 7.95. The fourth-order valence-electron chi connectivity index (χ4n) is 5.21. The molecular formula is C29H37P2S2+. The molecule has 0 N–H and O–H groups in total. The zero-order valence-corrected chi connectivity index (χ0v) is 24.7. The molecule has 4 rings (SSSR count). The Balaban J connectivity index is 2.11. The average Bonchev–Trinajstić information content (AvgIpc) is 3.26. The molecule has 2 heterocycles. The molecule has 0 nitrogen and oxygen atoms in total. The van der Waals surface area contributed by atoms with E-state index in [0.29, 0.717) is 22.6 Å². The van der Waals surface area contributed by atoms with Crippen LogP contribution in [-0.4, -0.2) is 27.9 Å². The molecule has 1 aromatic heterocycles. The summed E-state index contributed by atoms with van der Waals surface area (Å²) in [4.78, 5) is 2.80. The highest BCUT2D eigenvalue weighted by molar-refractivity contribution is 8.05. The number of hydrogen-bond donors (Lipinski definition) is 0.